The molecule has 0 radical (unpaired) electrons. The molecule has 0 saturated heterocycles. The smallest absolute Gasteiger partial charge is 0.337 e. The Morgan fingerprint density at radius 3 is 2.67 bits per heavy atom. The number of aromatic amines is 1. The Balaban J connectivity index is 2.32. The molecule has 18 heavy (non-hydrogen) atoms. The van der Waals surface area contributed by atoms with E-state index in [1.807, 2.05) is 12.1 Å². The van der Waals surface area contributed by atoms with Crippen LogP contribution in [0.2, 0.25) is 0 Å². The minimum absolute atomic E-state index is 0.307. The fourth-order valence-electron chi connectivity index (χ4n) is 2.26. The van der Waals surface area contributed by atoms with Gasteiger partial charge in [-0.15, -0.1) is 0 Å². The van der Waals surface area contributed by atoms with Crippen molar-refractivity contribution < 1.29 is 9.53 Å². The number of nitrogens with one attached hydrogen (secondary N) is 1. The maximum Gasteiger partial charge on any atom is 0.337 e. The van der Waals surface area contributed by atoms with Gasteiger partial charge in [0.05, 0.1) is 12.7 Å². The van der Waals surface area contributed by atoms with Gasteiger partial charge in [-0.25, -0.2) is 4.79 Å². The van der Waals surface area contributed by atoms with Crippen LogP contribution in [0.3, 0.4) is 0 Å². The fraction of sp³-hybridized carbons (Fsp3) is 0.133. The first-order valence-electron chi connectivity index (χ1n) is 5.79. The Morgan fingerprint density at radius 2 is 1.89 bits per heavy atom. The van der Waals surface area contributed by atoms with Crippen molar-refractivity contribution >= 4 is 27.8 Å². The molecular formula is C15H13NO2. The second-order valence-corrected chi connectivity index (χ2v) is 4.43. The average molecular weight is 239 g/mol. The van der Waals surface area contributed by atoms with E-state index in [-0.39, 0.29) is 5.97 Å². The molecule has 3 heteroatoms. The summed E-state index contributed by atoms with van der Waals surface area (Å²) < 4.78 is 4.74. The van der Waals surface area contributed by atoms with Crippen molar-refractivity contribution in [3.8, 4) is 0 Å². The van der Waals surface area contributed by atoms with E-state index in [1.165, 1.54) is 12.7 Å². The number of rotatable bonds is 1. The summed E-state index contributed by atoms with van der Waals surface area (Å²) in [6, 6.07) is 11.8. The molecule has 3 rings (SSSR count). The van der Waals surface area contributed by atoms with Crippen LogP contribution in [-0.4, -0.2) is 18.1 Å². The van der Waals surface area contributed by atoms with Crippen molar-refractivity contribution in [3.05, 3.63) is 47.5 Å². The average Bonchev–Trinajstić information content (AvgIpc) is 2.74. The van der Waals surface area contributed by atoms with Crippen LogP contribution < -0.4 is 0 Å². The molecule has 0 bridgehead atoms. The van der Waals surface area contributed by atoms with E-state index in [4.69, 9.17) is 4.74 Å². The molecule has 0 spiro atoms. The molecule has 90 valence electrons. The number of hydrogen-bond donors (Lipinski definition) is 1. The highest BCUT2D eigenvalue weighted by molar-refractivity contribution is 6.09. The third-order valence-electron chi connectivity index (χ3n) is 3.18. The highest BCUT2D eigenvalue weighted by Gasteiger charge is 2.09. The zero-order valence-corrected chi connectivity index (χ0v) is 10.3. The summed E-state index contributed by atoms with van der Waals surface area (Å²) in [5, 5.41) is 2.18. The molecule has 0 atom stereocenters. The number of ether oxygens (including phenoxy) is 1. The van der Waals surface area contributed by atoms with E-state index in [0.29, 0.717) is 5.56 Å². The van der Waals surface area contributed by atoms with Crippen LogP contribution in [0, 0.1) is 6.92 Å². The van der Waals surface area contributed by atoms with Gasteiger partial charge < -0.3 is 9.72 Å². The Bertz CT molecular complexity index is 756. The van der Waals surface area contributed by atoms with Gasteiger partial charge in [0, 0.05) is 21.8 Å². The van der Waals surface area contributed by atoms with Gasteiger partial charge in [0.25, 0.3) is 0 Å². The summed E-state index contributed by atoms with van der Waals surface area (Å²) in [6.07, 6.45) is 0. The maximum atomic E-state index is 11.5. The highest BCUT2D eigenvalue weighted by atomic mass is 16.5. The summed E-state index contributed by atoms with van der Waals surface area (Å²) in [5.41, 5.74) is 3.91. The van der Waals surface area contributed by atoms with Gasteiger partial charge >= 0.3 is 5.97 Å². The third-order valence-corrected chi connectivity index (χ3v) is 3.18. The molecule has 0 amide bonds. The molecule has 1 aromatic heterocycles. The number of esters is 1. The van der Waals surface area contributed by atoms with Crippen LogP contribution in [0.25, 0.3) is 21.8 Å². The van der Waals surface area contributed by atoms with E-state index in [9.17, 15) is 4.79 Å². The number of hydrogen-bond acceptors (Lipinski definition) is 2. The van der Waals surface area contributed by atoms with Crippen LogP contribution >= 0.6 is 0 Å². The zero-order chi connectivity index (χ0) is 12.7. The number of carbonyl (C=O) groups excluding carboxylic acids is 1. The molecule has 0 aliphatic rings. The van der Waals surface area contributed by atoms with E-state index in [1.54, 1.807) is 6.07 Å². The summed E-state index contributed by atoms with van der Waals surface area (Å²) >= 11 is 0. The normalized spacial score (nSPS) is 11.0. The summed E-state index contributed by atoms with van der Waals surface area (Å²) in [4.78, 5) is 14.9. The molecule has 0 unspecified atom stereocenters. The van der Waals surface area contributed by atoms with Crippen molar-refractivity contribution in [3.63, 3.8) is 0 Å². The van der Waals surface area contributed by atoms with Gasteiger partial charge in [-0.05, 0) is 36.8 Å². The third kappa shape index (κ3) is 1.56. The Hall–Kier alpha value is -2.29. The minimum atomic E-state index is -0.307. The lowest BCUT2D eigenvalue weighted by atomic mass is 10.1. The van der Waals surface area contributed by atoms with E-state index >= 15 is 0 Å². The minimum Gasteiger partial charge on any atom is -0.465 e. The largest absolute Gasteiger partial charge is 0.465 e. The van der Waals surface area contributed by atoms with Crippen molar-refractivity contribution in [1.82, 2.24) is 4.98 Å². The topological polar surface area (TPSA) is 42.1 Å². The first-order valence-corrected chi connectivity index (χ1v) is 5.79. The first kappa shape index (κ1) is 10.8. The van der Waals surface area contributed by atoms with Crippen LogP contribution in [0.1, 0.15) is 15.9 Å². The summed E-state index contributed by atoms with van der Waals surface area (Å²) in [6.45, 7) is 2.06. The van der Waals surface area contributed by atoms with Gasteiger partial charge in [0.1, 0.15) is 0 Å². The molecule has 3 nitrogen and oxygen atoms in total. The van der Waals surface area contributed by atoms with Crippen LogP contribution in [0.5, 0.6) is 0 Å². The van der Waals surface area contributed by atoms with Gasteiger partial charge in [-0.3, -0.25) is 0 Å². The van der Waals surface area contributed by atoms with E-state index in [0.717, 1.165) is 21.8 Å². The quantitative estimate of drug-likeness (QED) is 0.661. The number of aromatic nitrogens is 1. The van der Waals surface area contributed by atoms with Crippen molar-refractivity contribution in [2.24, 2.45) is 0 Å². The van der Waals surface area contributed by atoms with Crippen molar-refractivity contribution in [1.29, 1.82) is 0 Å². The molecule has 0 aliphatic heterocycles. The zero-order valence-electron chi connectivity index (χ0n) is 10.3. The first-order chi connectivity index (χ1) is 8.69. The van der Waals surface area contributed by atoms with Gasteiger partial charge in [-0.1, -0.05) is 12.1 Å². The van der Waals surface area contributed by atoms with Crippen molar-refractivity contribution in [2.75, 3.05) is 7.11 Å². The molecule has 0 saturated carbocycles. The molecule has 1 N–H and O–H groups in total. The number of benzene rings is 2. The van der Waals surface area contributed by atoms with E-state index in [2.05, 4.69) is 30.1 Å². The second-order valence-electron chi connectivity index (χ2n) is 4.43. The van der Waals surface area contributed by atoms with Crippen LogP contribution in [-0.2, 0) is 4.74 Å². The highest BCUT2D eigenvalue weighted by Crippen LogP contribution is 2.27. The summed E-state index contributed by atoms with van der Waals surface area (Å²) in [7, 11) is 1.39. The second kappa shape index (κ2) is 3.88. The van der Waals surface area contributed by atoms with Gasteiger partial charge in [0.15, 0.2) is 0 Å². The monoisotopic (exact) mass is 239 g/mol. The van der Waals surface area contributed by atoms with E-state index < -0.39 is 0 Å². The number of fused-ring (bicyclic) bond motifs is 3. The number of carbonyl (C=O) groups is 1. The number of H-pyrrole nitrogens is 1. The SMILES string of the molecule is COC(=O)c1ccc2[nH]c3cc(C)ccc3c2c1. The maximum absolute atomic E-state index is 11.5. The van der Waals surface area contributed by atoms with Crippen LogP contribution in [0.4, 0.5) is 0 Å². The number of aryl methyl sites for hydroxylation is 1. The molecule has 2 aromatic carbocycles. The molecule has 3 aromatic rings. The number of methoxy groups -OCH3 is 1. The van der Waals surface area contributed by atoms with Crippen molar-refractivity contribution in [2.45, 2.75) is 6.92 Å². The predicted molar refractivity (Wildman–Crippen MR) is 71.9 cm³/mol. The van der Waals surface area contributed by atoms with Crippen LogP contribution in [0.15, 0.2) is 36.4 Å². The lowest BCUT2D eigenvalue weighted by Gasteiger charge is -1.99. The van der Waals surface area contributed by atoms with Gasteiger partial charge in [0.2, 0.25) is 0 Å². The lowest BCUT2D eigenvalue weighted by molar-refractivity contribution is 0.0601. The fourth-order valence-corrected chi connectivity index (χ4v) is 2.26. The molecule has 0 aliphatic carbocycles. The standard InChI is InChI=1S/C15H13NO2/c1-9-3-5-11-12-8-10(15(17)18-2)4-6-13(12)16-14(11)7-9/h3-8,16H,1-2H3. The Morgan fingerprint density at radius 1 is 1.06 bits per heavy atom. The Labute approximate surface area is 104 Å². The Kier molecular flexibility index (Phi) is 2.33. The lowest BCUT2D eigenvalue weighted by Crippen LogP contribution is -2.00. The molecule has 0 fully saturated rings. The summed E-state index contributed by atoms with van der Waals surface area (Å²) in [5.74, 6) is -0.307. The predicted octanol–water partition coefficient (Wildman–Crippen LogP) is 3.42. The molecular weight excluding hydrogens is 226 g/mol. The molecule has 1 heterocycles. The van der Waals surface area contributed by atoms with Gasteiger partial charge in [-0.2, -0.15) is 0 Å².